The van der Waals surface area contributed by atoms with Crippen molar-refractivity contribution >= 4 is 6.01 Å². The minimum absolute atomic E-state index is 0.594. The van der Waals surface area contributed by atoms with Gasteiger partial charge in [-0.25, -0.2) is 0 Å². The van der Waals surface area contributed by atoms with E-state index in [0.717, 1.165) is 31.7 Å². The van der Waals surface area contributed by atoms with E-state index in [1.54, 1.807) is 0 Å². The van der Waals surface area contributed by atoms with Gasteiger partial charge >= 0.3 is 6.01 Å². The van der Waals surface area contributed by atoms with Crippen molar-refractivity contribution in [2.24, 2.45) is 0 Å². The Morgan fingerprint density at radius 3 is 2.63 bits per heavy atom. The van der Waals surface area contributed by atoms with E-state index in [1.807, 2.05) is 6.07 Å². The van der Waals surface area contributed by atoms with Crippen molar-refractivity contribution < 1.29 is 4.42 Å². The summed E-state index contributed by atoms with van der Waals surface area (Å²) in [7, 11) is 0. The van der Waals surface area contributed by atoms with E-state index in [2.05, 4.69) is 46.4 Å². The lowest BCUT2D eigenvalue weighted by Gasteiger charge is -2.24. The molecule has 1 aromatic carbocycles. The molecule has 100 valence electrons. The zero-order chi connectivity index (χ0) is 13.2. The van der Waals surface area contributed by atoms with Crippen LogP contribution in [0.5, 0.6) is 0 Å². The molecule has 2 heterocycles. The molecule has 3 rings (SSSR count). The van der Waals surface area contributed by atoms with Crippen LogP contribution in [0.1, 0.15) is 11.1 Å². The molecule has 1 aromatic heterocycles. The van der Waals surface area contributed by atoms with E-state index in [1.165, 1.54) is 11.1 Å². The van der Waals surface area contributed by atoms with Crippen LogP contribution < -0.4 is 10.2 Å². The smallest absolute Gasteiger partial charge is 0.318 e. The van der Waals surface area contributed by atoms with Gasteiger partial charge in [0.05, 0.1) is 0 Å². The highest BCUT2D eigenvalue weighted by molar-refractivity contribution is 5.56. The van der Waals surface area contributed by atoms with Gasteiger partial charge in [-0.3, -0.25) is 0 Å². The Morgan fingerprint density at radius 2 is 1.89 bits per heavy atom. The second kappa shape index (κ2) is 5.01. The first-order valence-corrected chi connectivity index (χ1v) is 6.61. The van der Waals surface area contributed by atoms with Gasteiger partial charge in [0.15, 0.2) is 0 Å². The fourth-order valence-corrected chi connectivity index (χ4v) is 2.19. The summed E-state index contributed by atoms with van der Waals surface area (Å²) in [6.07, 6.45) is 0. The number of aryl methyl sites for hydroxylation is 2. The minimum atomic E-state index is 0.594. The van der Waals surface area contributed by atoms with Crippen molar-refractivity contribution in [1.29, 1.82) is 0 Å². The molecule has 0 amide bonds. The number of aromatic nitrogens is 2. The minimum Gasteiger partial charge on any atom is -0.403 e. The lowest BCUT2D eigenvalue weighted by atomic mass is 10.1. The molecular formula is C14H18N4O. The van der Waals surface area contributed by atoms with Crippen molar-refractivity contribution in [3.8, 4) is 11.5 Å². The Balaban J connectivity index is 1.85. The Bertz CT molecular complexity index is 573. The number of benzene rings is 1. The lowest BCUT2D eigenvalue weighted by molar-refractivity contribution is 0.505. The standard InChI is InChI=1S/C14H18N4O/c1-10-3-4-12(9-11(10)2)13-16-17-14(19-13)18-7-5-15-6-8-18/h3-4,9,15H,5-8H2,1-2H3. The molecule has 0 spiro atoms. The monoisotopic (exact) mass is 258 g/mol. The normalized spacial score (nSPS) is 15.8. The number of rotatable bonds is 2. The van der Waals surface area contributed by atoms with Gasteiger partial charge < -0.3 is 14.6 Å². The molecule has 1 saturated heterocycles. The van der Waals surface area contributed by atoms with Crippen molar-refractivity contribution in [2.45, 2.75) is 13.8 Å². The van der Waals surface area contributed by atoms with Crippen LogP contribution in [-0.4, -0.2) is 36.4 Å². The first-order chi connectivity index (χ1) is 9.24. The van der Waals surface area contributed by atoms with E-state index < -0.39 is 0 Å². The molecule has 2 aromatic rings. The topological polar surface area (TPSA) is 54.2 Å². The molecule has 0 atom stereocenters. The van der Waals surface area contributed by atoms with Crippen LogP contribution in [0.15, 0.2) is 22.6 Å². The molecule has 5 heteroatoms. The zero-order valence-electron chi connectivity index (χ0n) is 11.3. The van der Waals surface area contributed by atoms with Crippen LogP contribution in [0.25, 0.3) is 11.5 Å². The van der Waals surface area contributed by atoms with Crippen LogP contribution >= 0.6 is 0 Å². The van der Waals surface area contributed by atoms with Crippen LogP contribution in [0.4, 0.5) is 6.01 Å². The van der Waals surface area contributed by atoms with E-state index in [0.29, 0.717) is 11.9 Å². The number of nitrogens with one attached hydrogen (secondary N) is 1. The molecule has 0 unspecified atom stereocenters. The summed E-state index contributed by atoms with van der Waals surface area (Å²) in [5.41, 5.74) is 3.49. The summed E-state index contributed by atoms with van der Waals surface area (Å²) >= 11 is 0. The highest BCUT2D eigenvalue weighted by atomic mass is 16.4. The summed E-state index contributed by atoms with van der Waals surface area (Å²) in [4.78, 5) is 2.12. The molecule has 19 heavy (non-hydrogen) atoms. The van der Waals surface area contributed by atoms with Crippen molar-refractivity contribution in [2.75, 3.05) is 31.1 Å². The summed E-state index contributed by atoms with van der Waals surface area (Å²) in [6.45, 7) is 7.93. The molecule has 1 aliphatic rings. The highest BCUT2D eigenvalue weighted by Crippen LogP contribution is 2.24. The molecule has 5 nitrogen and oxygen atoms in total. The van der Waals surface area contributed by atoms with E-state index >= 15 is 0 Å². The Morgan fingerprint density at radius 1 is 1.11 bits per heavy atom. The molecule has 0 saturated carbocycles. The number of hydrogen-bond acceptors (Lipinski definition) is 5. The number of anilines is 1. The molecule has 1 N–H and O–H groups in total. The largest absolute Gasteiger partial charge is 0.403 e. The van der Waals surface area contributed by atoms with Gasteiger partial charge in [0.2, 0.25) is 5.89 Å². The molecule has 0 bridgehead atoms. The van der Waals surface area contributed by atoms with Crippen molar-refractivity contribution in [1.82, 2.24) is 15.5 Å². The van der Waals surface area contributed by atoms with Gasteiger partial charge in [0, 0.05) is 31.7 Å². The maximum absolute atomic E-state index is 5.78. The van der Waals surface area contributed by atoms with Crippen molar-refractivity contribution in [3.05, 3.63) is 29.3 Å². The summed E-state index contributed by atoms with van der Waals surface area (Å²) in [5.74, 6) is 0.594. The molecule has 1 aliphatic heterocycles. The number of nitrogens with zero attached hydrogens (tertiary/aromatic N) is 3. The number of piperazine rings is 1. The lowest BCUT2D eigenvalue weighted by Crippen LogP contribution is -2.43. The Labute approximate surface area is 112 Å². The first-order valence-electron chi connectivity index (χ1n) is 6.61. The fourth-order valence-electron chi connectivity index (χ4n) is 2.19. The summed E-state index contributed by atoms with van der Waals surface area (Å²) < 4.78 is 5.78. The van der Waals surface area contributed by atoms with Crippen molar-refractivity contribution in [3.63, 3.8) is 0 Å². The van der Waals surface area contributed by atoms with Crippen LogP contribution in [0.2, 0.25) is 0 Å². The van der Waals surface area contributed by atoms with Gasteiger partial charge in [0.1, 0.15) is 0 Å². The van der Waals surface area contributed by atoms with Gasteiger partial charge in [-0.15, -0.1) is 5.10 Å². The van der Waals surface area contributed by atoms with E-state index in [-0.39, 0.29) is 0 Å². The second-order valence-corrected chi connectivity index (χ2v) is 4.93. The third kappa shape index (κ3) is 2.46. The van der Waals surface area contributed by atoms with E-state index in [9.17, 15) is 0 Å². The van der Waals surface area contributed by atoms with E-state index in [4.69, 9.17) is 4.42 Å². The molecule has 0 aliphatic carbocycles. The predicted molar refractivity (Wildman–Crippen MR) is 74.3 cm³/mol. The zero-order valence-corrected chi connectivity index (χ0v) is 11.3. The molecular weight excluding hydrogens is 240 g/mol. The molecule has 0 radical (unpaired) electrons. The Hall–Kier alpha value is -1.88. The third-order valence-corrected chi connectivity index (χ3v) is 3.56. The highest BCUT2D eigenvalue weighted by Gasteiger charge is 2.17. The van der Waals surface area contributed by atoms with Gasteiger partial charge in [-0.1, -0.05) is 11.2 Å². The van der Waals surface area contributed by atoms with Crippen LogP contribution in [0.3, 0.4) is 0 Å². The SMILES string of the molecule is Cc1ccc(-c2nnc(N3CCNCC3)o2)cc1C. The maximum atomic E-state index is 5.78. The average Bonchev–Trinajstić information content (AvgIpc) is 2.93. The van der Waals surface area contributed by atoms with Crippen LogP contribution in [0, 0.1) is 13.8 Å². The predicted octanol–water partition coefficient (Wildman–Crippen LogP) is 1.76. The second-order valence-electron chi connectivity index (χ2n) is 4.93. The van der Waals surface area contributed by atoms with Crippen LogP contribution in [-0.2, 0) is 0 Å². The maximum Gasteiger partial charge on any atom is 0.318 e. The molecule has 1 fully saturated rings. The number of hydrogen-bond donors (Lipinski definition) is 1. The average molecular weight is 258 g/mol. The summed E-state index contributed by atoms with van der Waals surface area (Å²) in [5, 5.41) is 11.6. The summed E-state index contributed by atoms with van der Waals surface area (Å²) in [6, 6.07) is 6.82. The van der Waals surface area contributed by atoms with Gasteiger partial charge in [-0.05, 0) is 37.1 Å². The first kappa shape index (κ1) is 12.2. The third-order valence-electron chi connectivity index (χ3n) is 3.56. The van der Waals surface area contributed by atoms with Gasteiger partial charge in [-0.2, -0.15) is 0 Å². The fraction of sp³-hybridized carbons (Fsp3) is 0.429. The Kier molecular flexibility index (Phi) is 3.21. The quantitative estimate of drug-likeness (QED) is 0.889. The van der Waals surface area contributed by atoms with Gasteiger partial charge in [0.25, 0.3) is 0 Å².